The highest BCUT2D eigenvalue weighted by Crippen LogP contribution is 2.48. The fraction of sp³-hybridized carbons (Fsp3) is 0.381. The van der Waals surface area contributed by atoms with E-state index in [4.69, 9.17) is 9.47 Å². The molecule has 6 aromatic rings. The first-order valence-corrected chi connectivity index (χ1v) is 19.2. The number of alkyl halides is 2. The number of amides is 2. The van der Waals surface area contributed by atoms with Crippen molar-refractivity contribution in [2.75, 3.05) is 23.8 Å². The second-order valence-electron chi connectivity index (χ2n) is 14.7. The smallest absolute Gasteiger partial charge is 0.256 e. The molecule has 4 aromatic heterocycles. The Kier molecular flexibility index (Phi) is 11.6. The number of hydrogen-bond donors (Lipinski definition) is 4. The van der Waals surface area contributed by atoms with Crippen LogP contribution in [0.15, 0.2) is 97.6 Å². The first-order chi connectivity index (χ1) is 28.0. The van der Waals surface area contributed by atoms with Crippen LogP contribution in [0.1, 0.15) is 84.8 Å². The normalized spacial score (nSPS) is 26.7. The van der Waals surface area contributed by atoms with E-state index in [1.165, 1.54) is 21.7 Å². The Morgan fingerprint density at radius 2 is 1.03 bits per heavy atom. The largest absolute Gasteiger partial charge is 0.393 e. The molecule has 0 aliphatic carbocycles. The zero-order valence-corrected chi connectivity index (χ0v) is 32.5. The van der Waals surface area contributed by atoms with Gasteiger partial charge in [0.15, 0.2) is 11.6 Å². The third-order valence-corrected chi connectivity index (χ3v) is 11.7. The maximum absolute atomic E-state index is 15.1. The molecule has 8 atom stereocenters. The van der Waals surface area contributed by atoms with Crippen LogP contribution in [0.2, 0.25) is 0 Å². The van der Waals surface area contributed by atoms with Gasteiger partial charge in [0.2, 0.25) is 0 Å². The van der Waals surface area contributed by atoms with E-state index in [9.17, 15) is 19.8 Å². The van der Waals surface area contributed by atoms with Crippen molar-refractivity contribution in [1.82, 2.24) is 29.2 Å². The van der Waals surface area contributed by atoms with Crippen molar-refractivity contribution in [3.63, 3.8) is 0 Å². The summed E-state index contributed by atoms with van der Waals surface area (Å²) in [5.41, 5.74) is 1.26. The summed E-state index contributed by atoms with van der Waals surface area (Å²) < 4.78 is 45.3. The molecule has 2 saturated heterocycles. The minimum atomic E-state index is -1.29. The lowest BCUT2D eigenvalue weighted by Gasteiger charge is -2.29. The van der Waals surface area contributed by atoms with E-state index in [1.54, 1.807) is 86.6 Å². The zero-order chi connectivity index (χ0) is 41.2. The number of aromatic nitrogens is 6. The number of nitrogens with one attached hydrogen (secondary N) is 2. The summed E-state index contributed by atoms with van der Waals surface area (Å²) in [4.78, 5) is 33.3. The van der Waals surface area contributed by atoms with Gasteiger partial charge < -0.3 is 30.3 Å². The molecular formula is C42H46F2N8O6. The van der Waals surface area contributed by atoms with Gasteiger partial charge in [-0.1, -0.05) is 64.1 Å². The zero-order valence-electron chi connectivity index (χ0n) is 32.5. The number of hydrogen-bond acceptors (Lipinski definition) is 10. The van der Waals surface area contributed by atoms with Crippen LogP contribution >= 0.6 is 0 Å². The van der Waals surface area contributed by atoms with Crippen LogP contribution in [0.3, 0.4) is 0 Å². The Hall–Kier alpha value is -5.68. The number of fused-ring (bicyclic) bond motifs is 2. The van der Waals surface area contributed by atoms with Gasteiger partial charge in [-0.05, 0) is 61.4 Å². The van der Waals surface area contributed by atoms with Crippen molar-refractivity contribution in [1.29, 1.82) is 0 Å². The monoisotopic (exact) mass is 796 g/mol. The maximum atomic E-state index is 15.1. The summed E-state index contributed by atoms with van der Waals surface area (Å²) in [6.45, 7) is 6.74. The van der Waals surface area contributed by atoms with Gasteiger partial charge in [0.05, 0.1) is 35.8 Å². The number of carbonyl (C=O) groups excluding carboxylic acids is 2. The Balaban J connectivity index is 0.000000177. The predicted molar refractivity (Wildman–Crippen MR) is 211 cm³/mol. The van der Waals surface area contributed by atoms with E-state index in [0.717, 1.165) is 0 Å². The van der Waals surface area contributed by atoms with E-state index >= 15 is 8.78 Å². The molecule has 2 aliphatic heterocycles. The number of aliphatic hydroxyl groups is 2. The minimum Gasteiger partial charge on any atom is -0.393 e. The molecule has 0 spiro atoms. The lowest BCUT2D eigenvalue weighted by molar-refractivity contribution is -0.0936. The summed E-state index contributed by atoms with van der Waals surface area (Å²) in [6.07, 6.45) is -0.713. The van der Waals surface area contributed by atoms with Gasteiger partial charge in [-0.3, -0.25) is 9.59 Å². The molecule has 2 fully saturated rings. The summed E-state index contributed by atoms with van der Waals surface area (Å²) in [5.74, 6) is -0.878. The molecule has 2 amide bonds. The van der Waals surface area contributed by atoms with Crippen molar-refractivity contribution in [2.24, 2.45) is 11.8 Å². The van der Waals surface area contributed by atoms with Gasteiger partial charge in [0.25, 0.3) is 11.8 Å². The number of ether oxygens (including phenoxy) is 2. The third-order valence-electron chi connectivity index (χ3n) is 11.7. The molecule has 4 N–H and O–H groups in total. The lowest BCUT2D eigenvalue weighted by atomic mass is 9.85. The van der Waals surface area contributed by atoms with Crippen molar-refractivity contribution in [3.05, 3.63) is 120 Å². The number of anilines is 2. The van der Waals surface area contributed by atoms with Crippen LogP contribution in [0, 0.1) is 11.8 Å². The first kappa shape index (κ1) is 40.5. The number of aliphatic hydroxyl groups excluding tert-OH is 2. The number of rotatable bonds is 10. The molecule has 0 saturated carbocycles. The van der Waals surface area contributed by atoms with E-state index in [2.05, 4.69) is 30.8 Å². The standard InChI is InChI=1S/2C21H23FN4O3/c2*1-3-21(11-27)13(2)17(22)18(29-21)15-9-10-16-19(23-12-24-26(15)16)25-20(28)14-7-5-4-6-8-14/h2*4-10,12-13,17-18,27H,3,11H2,1-2H3,(H,23,24,25,28)/t2*13-,17+,18-,21-/m00/s1. The molecule has 0 bridgehead atoms. The Morgan fingerprint density at radius 1 is 0.655 bits per heavy atom. The van der Waals surface area contributed by atoms with E-state index in [0.29, 0.717) is 58.0 Å². The van der Waals surface area contributed by atoms with Crippen molar-refractivity contribution >= 4 is 34.5 Å². The van der Waals surface area contributed by atoms with Gasteiger partial charge in [-0.2, -0.15) is 10.2 Å². The van der Waals surface area contributed by atoms with Crippen LogP contribution in [0.5, 0.6) is 0 Å². The molecule has 16 heteroatoms. The lowest BCUT2D eigenvalue weighted by Crippen LogP contribution is -2.39. The first-order valence-electron chi connectivity index (χ1n) is 19.2. The number of carbonyl (C=O) groups is 2. The molecule has 2 aliphatic rings. The summed E-state index contributed by atoms with van der Waals surface area (Å²) in [6, 6.07) is 24.5. The van der Waals surface area contributed by atoms with Crippen molar-refractivity contribution in [3.8, 4) is 0 Å². The van der Waals surface area contributed by atoms with Gasteiger partial charge in [-0.15, -0.1) is 0 Å². The quantitative estimate of drug-likeness (QED) is 0.122. The Bertz CT molecular complexity index is 2200. The molecule has 2 aromatic carbocycles. The van der Waals surface area contributed by atoms with Gasteiger partial charge >= 0.3 is 0 Å². The van der Waals surface area contributed by atoms with Crippen molar-refractivity contribution < 1.29 is 38.1 Å². The second-order valence-corrected chi connectivity index (χ2v) is 14.7. The van der Waals surface area contributed by atoms with Crippen LogP contribution < -0.4 is 10.6 Å². The van der Waals surface area contributed by atoms with Crippen LogP contribution in [-0.4, -0.2) is 88.0 Å². The van der Waals surface area contributed by atoms with Gasteiger partial charge in [-0.25, -0.2) is 27.8 Å². The third kappa shape index (κ3) is 7.21. The fourth-order valence-corrected chi connectivity index (χ4v) is 7.87. The van der Waals surface area contributed by atoms with Crippen molar-refractivity contribution in [2.45, 2.75) is 76.3 Å². The van der Waals surface area contributed by atoms with Crippen LogP contribution in [-0.2, 0) is 9.47 Å². The SMILES string of the molecule is CC[C@@]1(CO)O[C@@H](c2ccc3c(NC(=O)c4ccccc4)ncnn23)[C@H](F)[C@@H]1C.CC[C@@]1(CO)O[C@@H](c2ccc3c(NC(=O)c4ccccc4)ncnn23)[C@H](F)[C@@H]1C. The molecular weight excluding hydrogens is 751 g/mol. The highest BCUT2D eigenvalue weighted by Gasteiger charge is 2.54. The molecule has 6 heterocycles. The topological polar surface area (TPSA) is 177 Å². The summed E-state index contributed by atoms with van der Waals surface area (Å²) in [5, 5.41) is 33.6. The fourth-order valence-electron chi connectivity index (χ4n) is 7.87. The highest BCUT2D eigenvalue weighted by molar-refractivity contribution is 6.06. The molecule has 8 rings (SSSR count). The predicted octanol–water partition coefficient (Wildman–Crippen LogP) is 6.34. The Labute approximate surface area is 333 Å². The molecule has 0 unspecified atom stereocenters. The maximum Gasteiger partial charge on any atom is 0.256 e. The van der Waals surface area contributed by atoms with Crippen LogP contribution in [0.4, 0.5) is 20.4 Å². The minimum absolute atomic E-state index is 0.252. The number of nitrogens with zero attached hydrogens (tertiary/aromatic N) is 6. The molecule has 304 valence electrons. The molecule has 0 radical (unpaired) electrons. The molecule has 14 nitrogen and oxygen atoms in total. The number of benzene rings is 2. The Morgan fingerprint density at radius 3 is 1.36 bits per heavy atom. The second kappa shape index (κ2) is 16.7. The number of halogens is 2. The van der Waals surface area contributed by atoms with E-state index < -0.39 is 47.6 Å². The summed E-state index contributed by atoms with van der Waals surface area (Å²) >= 11 is 0. The van der Waals surface area contributed by atoms with E-state index in [-0.39, 0.29) is 25.0 Å². The molecule has 58 heavy (non-hydrogen) atoms. The average molecular weight is 797 g/mol. The highest BCUT2D eigenvalue weighted by atomic mass is 19.1. The van der Waals surface area contributed by atoms with Gasteiger partial charge in [0.1, 0.15) is 48.2 Å². The van der Waals surface area contributed by atoms with E-state index in [1.807, 2.05) is 26.0 Å². The van der Waals surface area contributed by atoms with Crippen LogP contribution in [0.25, 0.3) is 11.0 Å². The van der Waals surface area contributed by atoms with Gasteiger partial charge in [0, 0.05) is 23.0 Å². The average Bonchev–Trinajstić information content (AvgIpc) is 4.02. The summed E-state index contributed by atoms with van der Waals surface area (Å²) in [7, 11) is 0.